The SMILES string of the molecule is C[C@H](O)[C@@H](O)[C@H](Nc1ccc(OC2CCCC2)cc1)c1ccc(Oc2ncccn2)cc1. The molecule has 1 saturated carbocycles. The van der Waals surface area contributed by atoms with Gasteiger partial charge in [-0.3, -0.25) is 0 Å². The zero-order valence-corrected chi connectivity index (χ0v) is 18.1. The van der Waals surface area contributed by atoms with Crippen molar-refractivity contribution in [2.75, 3.05) is 5.32 Å². The number of nitrogens with zero attached hydrogens (tertiary/aromatic N) is 2. The molecular formula is C25H29N3O4. The molecule has 0 unspecified atom stereocenters. The number of hydrogen-bond acceptors (Lipinski definition) is 7. The Hall–Kier alpha value is -3.16. The molecule has 3 aromatic rings. The first-order chi connectivity index (χ1) is 15.6. The third-order valence-corrected chi connectivity index (χ3v) is 5.61. The van der Waals surface area contributed by atoms with Gasteiger partial charge in [0.05, 0.1) is 18.2 Å². The van der Waals surface area contributed by atoms with Gasteiger partial charge in [-0.1, -0.05) is 12.1 Å². The summed E-state index contributed by atoms with van der Waals surface area (Å²) in [5, 5.41) is 24.0. The van der Waals surface area contributed by atoms with Crippen molar-refractivity contribution in [3.8, 4) is 17.5 Å². The highest BCUT2D eigenvalue weighted by molar-refractivity contribution is 5.49. The minimum Gasteiger partial charge on any atom is -0.490 e. The first-order valence-electron chi connectivity index (χ1n) is 11.0. The van der Waals surface area contributed by atoms with Crippen molar-refractivity contribution >= 4 is 5.69 Å². The van der Waals surface area contributed by atoms with Gasteiger partial charge >= 0.3 is 6.01 Å². The van der Waals surface area contributed by atoms with Crippen LogP contribution in [-0.2, 0) is 0 Å². The molecule has 0 radical (unpaired) electrons. The van der Waals surface area contributed by atoms with Gasteiger partial charge in [0.1, 0.15) is 17.6 Å². The highest BCUT2D eigenvalue weighted by atomic mass is 16.5. The first kappa shape index (κ1) is 22.0. The lowest BCUT2D eigenvalue weighted by Crippen LogP contribution is -2.34. The van der Waals surface area contributed by atoms with Crippen LogP contribution in [0.2, 0.25) is 0 Å². The number of aromatic nitrogens is 2. The summed E-state index contributed by atoms with van der Waals surface area (Å²) >= 11 is 0. The van der Waals surface area contributed by atoms with Crippen molar-refractivity contribution in [2.24, 2.45) is 0 Å². The molecule has 0 spiro atoms. The lowest BCUT2D eigenvalue weighted by Gasteiger charge is -2.27. The van der Waals surface area contributed by atoms with Crippen LogP contribution in [0.25, 0.3) is 0 Å². The van der Waals surface area contributed by atoms with Crippen molar-refractivity contribution in [3.05, 3.63) is 72.6 Å². The van der Waals surface area contributed by atoms with Crippen molar-refractivity contribution in [1.82, 2.24) is 9.97 Å². The van der Waals surface area contributed by atoms with E-state index in [0.29, 0.717) is 11.9 Å². The molecule has 1 aliphatic carbocycles. The van der Waals surface area contributed by atoms with E-state index in [1.807, 2.05) is 36.4 Å². The maximum atomic E-state index is 10.7. The lowest BCUT2D eigenvalue weighted by atomic mass is 9.97. The summed E-state index contributed by atoms with van der Waals surface area (Å²) in [6.45, 7) is 1.57. The molecule has 1 fully saturated rings. The molecule has 3 atom stereocenters. The van der Waals surface area contributed by atoms with Crippen LogP contribution in [0, 0.1) is 0 Å². The average molecular weight is 436 g/mol. The highest BCUT2D eigenvalue weighted by Gasteiger charge is 2.25. The molecule has 4 rings (SSSR count). The molecule has 0 aliphatic heterocycles. The number of nitrogens with one attached hydrogen (secondary N) is 1. The fourth-order valence-electron chi connectivity index (χ4n) is 3.84. The van der Waals surface area contributed by atoms with E-state index in [4.69, 9.17) is 9.47 Å². The minimum absolute atomic E-state index is 0.263. The Morgan fingerprint density at radius 3 is 2.16 bits per heavy atom. The second-order valence-electron chi connectivity index (χ2n) is 8.10. The second kappa shape index (κ2) is 10.4. The number of benzene rings is 2. The van der Waals surface area contributed by atoms with Crippen molar-refractivity contribution in [3.63, 3.8) is 0 Å². The van der Waals surface area contributed by atoms with Crippen LogP contribution in [0.4, 0.5) is 5.69 Å². The maximum Gasteiger partial charge on any atom is 0.321 e. The van der Waals surface area contributed by atoms with E-state index in [-0.39, 0.29) is 6.01 Å². The zero-order chi connectivity index (χ0) is 22.3. The molecule has 1 aliphatic rings. The van der Waals surface area contributed by atoms with Gasteiger partial charge in [-0.2, -0.15) is 0 Å². The van der Waals surface area contributed by atoms with Gasteiger partial charge in [-0.25, -0.2) is 9.97 Å². The third kappa shape index (κ3) is 5.75. The molecule has 0 saturated heterocycles. The zero-order valence-electron chi connectivity index (χ0n) is 18.1. The van der Waals surface area contributed by atoms with Crippen LogP contribution in [-0.4, -0.2) is 38.5 Å². The molecule has 168 valence electrons. The molecule has 1 heterocycles. The topological polar surface area (TPSA) is 96.7 Å². The van der Waals surface area contributed by atoms with E-state index < -0.39 is 18.2 Å². The number of aliphatic hydroxyl groups excluding tert-OH is 2. The quantitative estimate of drug-likeness (QED) is 0.456. The summed E-state index contributed by atoms with van der Waals surface area (Å²) in [6, 6.07) is 16.5. The monoisotopic (exact) mass is 435 g/mol. The van der Waals surface area contributed by atoms with Gasteiger partial charge in [0.2, 0.25) is 0 Å². The normalized spacial score (nSPS) is 16.8. The van der Waals surface area contributed by atoms with Crippen molar-refractivity contribution in [1.29, 1.82) is 0 Å². The standard InChI is InChI=1S/C25H29N3O4/c1-17(29)24(30)23(18-7-11-22(12-8-18)32-25-26-15-4-16-27-25)28-19-9-13-21(14-10-19)31-20-5-2-3-6-20/h4,7-17,20,23-24,28-30H,2-3,5-6H2,1H3/t17-,23+,24+/m0/s1. The average Bonchev–Trinajstić information content (AvgIpc) is 3.32. The Morgan fingerprint density at radius 1 is 0.906 bits per heavy atom. The second-order valence-corrected chi connectivity index (χ2v) is 8.10. The third-order valence-electron chi connectivity index (χ3n) is 5.61. The largest absolute Gasteiger partial charge is 0.490 e. The predicted octanol–water partition coefficient (Wildman–Crippen LogP) is 4.49. The van der Waals surface area contributed by atoms with Crippen LogP contribution in [0.3, 0.4) is 0 Å². The summed E-state index contributed by atoms with van der Waals surface area (Å²) in [6.07, 6.45) is 6.29. The van der Waals surface area contributed by atoms with Gasteiger partial charge in [0.25, 0.3) is 0 Å². The molecule has 2 aromatic carbocycles. The smallest absolute Gasteiger partial charge is 0.321 e. The Balaban J connectivity index is 1.46. The first-order valence-corrected chi connectivity index (χ1v) is 11.0. The van der Waals surface area contributed by atoms with E-state index in [1.54, 1.807) is 37.5 Å². The van der Waals surface area contributed by atoms with Gasteiger partial charge in [-0.05, 0) is 80.6 Å². The van der Waals surface area contributed by atoms with Gasteiger partial charge < -0.3 is 25.0 Å². The van der Waals surface area contributed by atoms with Crippen LogP contribution >= 0.6 is 0 Å². The van der Waals surface area contributed by atoms with Crippen LogP contribution in [0.15, 0.2) is 67.0 Å². The number of aliphatic hydroxyl groups is 2. The summed E-state index contributed by atoms with van der Waals surface area (Å²) in [4.78, 5) is 8.10. The molecule has 7 heteroatoms. The molecule has 32 heavy (non-hydrogen) atoms. The van der Waals surface area contributed by atoms with Gasteiger partial charge in [0.15, 0.2) is 0 Å². The fourth-order valence-corrected chi connectivity index (χ4v) is 3.84. The van der Waals surface area contributed by atoms with Crippen LogP contribution in [0.1, 0.15) is 44.2 Å². The molecule has 1 aromatic heterocycles. The summed E-state index contributed by atoms with van der Waals surface area (Å²) in [5.41, 5.74) is 1.64. The molecule has 0 amide bonds. The van der Waals surface area contributed by atoms with Crippen molar-refractivity contribution in [2.45, 2.75) is 57.0 Å². The predicted molar refractivity (Wildman–Crippen MR) is 122 cm³/mol. The summed E-state index contributed by atoms with van der Waals surface area (Å²) in [5.74, 6) is 1.43. The van der Waals surface area contributed by atoms with Gasteiger partial charge in [-0.15, -0.1) is 0 Å². The van der Waals surface area contributed by atoms with E-state index in [2.05, 4.69) is 15.3 Å². The highest BCUT2D eigenvalue weighted by Crippen LogP contribution is 2.29. The fraction of sp³-hybridized carbons (Fsp3) is 0.360. The molecule has 3 N–H and O–H groups in total. The van der Waals surface area contributed by atoms with E-state index in [1.165, 1.54) is 12.8 Å². The Labute approximate surface area is 188 Å². The molecule has 7 nitrogen and oxygen atoms in total. The lowest BCUT2D eigenvalue weighted by molar-refractivity contribution is 0.0190. The van der Waals surface area contributed by atoms with Crippen molar-refractivity contribution < 1.29 is 19.7 Å². The maximum absolute atomic E-state index is 10.7. The van der Waals surface area contributed by atoms with Crippen LogP contribution in [0.5, 0.6) is 17.5 Å². The summed E-state index contributed by atoms with van der Waals surface area (Å²) < 4.78 is 11.7. The summed E-state index contributed by atoms with van der Waals surface area (Å²) in [7, 11) is 0. The Morgan fingerprint density at radius 2 is 1.53 bits per heavy atom. The Kier molecular flexibility index (Phi) is 7.19. The van der Waals surface area contributed by atoms with Gasteiger partial charge in [0, 0.05) is 18.1 Å². The van der Waals surface area contributed by atoms with E-state index in [0.717, 1.165) is 29.8 Å². The number of hydrogen-bond donors (Lipinski definition) is 3. The molecule has 0 bridgehead atoms. The Bertz CT molecular complexity index is 959. The molecular weight excluding hydrogens is 406 g/mol. The van der Waals surface area contributed by atoms with E-state index in [9.17, 15) is 10.2 Å². The number of rotatable bonds is 9. The minimum atomic E-state index is -1.01. The number of ether oxygens (including phenoxy) is 2. The van der Waals surface area contributed by atoms with Crippen LogP contribution < -0.4 is 14.8 Å². The van der Waals surface area contributed by atoms with E-state index >= 15 is 0 Å². The number of anilines is 1.